The maximum absolute atomic E-state index is 12.9. The van der Waals surface area contributed by atoms with E-state index < -0.39 is 0 Å². The Morgan fingerprint density at radius 1 is 1.21 bits per heavy atom. The minimum Gasteiger partial charge on any atom is -0.465 e. The van der Waals surface area contributed by atoms with E-state index in [0.29, 0.717) is 17.9 Å². The highest BCUT2D eigenvalue weighted by Gasteiger charge is 2.28. The summed E-state index contributed by atoms with van der Waals surface area (Å²) in [6, 6.07) is 9.85. The van der Waals surface area contributed by atoms with Crippen LogP contribution in [0.1, 0.15) is 53.4 Å². The summed E-state index contributed by atoms with van der Waals surface area (Å²) < 4.78 is 12.7. The molecule has 6 heteroatoms. The third-order valence-electron chi connectivity index (χ3n) is 5.91. The van der Waals surface area contributed by atoms with Crippen LogP contribution in [0.3, 0.4) is 0 Å². The van der Waals surface area contributed by atoms with Crippen LogP contribution in [0.2, 0.25) is 0 Å². The molecule has 1 atom stereocenters. The van der Waals surface area contributed by atoms with Gasteiger partial charge in [0.2, 0.25) is 0 Å². The van der Waals surface area contributed by atoms with Gasteiger partial charge in [-0.25, -0.2) is 0 Å². The first kappa shape index (κ1) is 20.2. The van der Waals surface area contributed by atoms with Crippen LogP contribution < -0.4 is 5.32 Å². The van der Waals surface area contributed by atoms with Crippen LogP contribution in [0, 0.1) is 19.8 Å². The van der Waals surface area contributed by atoms with E-state index >= 15 is 0 Å². The van der Waals surface area contributed by atoms with Crippen LogP contribution in [-0.2, 0) is 0 Å². The summed E-state index contributed by atoms with van der Waals surface area (Å²) >= 11 is 3.45. The SMILES string of the molecule is Cc1ccc([C@H](CNC(=O)c2oc3cc(Br)ccc3c2C)N2CCC(C)CC2)o1. The number of carbonyl (C=O) groups excluding carboxylic acids is 1. The topological polar surface area (TPSA) is 58.6 Å². The lowest BCUT2D eigenvalue weighted by molar-refractivity contribution is 0.0871. The van der Waals surface area contributed by atoms with Gasteiger partial charge in [0.05, 0.1) is 6.04 Å². The number of nitrogens with zero attached hydrogens (tertiary/aromatic N) is 1. The van der Waals surface area contributed by atoms with E-state index in [9.17, 15) is 4.79 Å². The molecule has 1 fully saturated rings. The van der Waals surface area contributed by atoms with E-state index in [4.69, 9.17) is 8.83 Å². The first-order valence-corrected chi connectivity index (χ1v) is 11.0. The van der Waals surface area contributed by atoms with Crippen molar-refractivity contribution >= 4 is 32.8 Å². The average Bonchev–Trinajstić information content (AvgIpc) is 3.26. The fourth-order valence-electron chi connectivity index (χ4n) is 4.07. The molecule has 4 rings (SSSR count). The molecule has 29 heavy (non-hydrogen) atoms. The van der Waals surface area contributed by atoms with Crippen LogP contribution >= 0.6 is 15.9 Å². The predicted octanol–water partition coefficient (Wildman–Crippen LogP) is 5.61. The summed E-state index contributed by atoms with van der Waals surface area (Å²) in [5, 5.41) is 4.05. The van der Waals surface area contributed by atoms with Crippen molar-refractivity contribution in [2.75, 3.05) is 19.6 Å². The summed E-state index contributed by atoms with van der Waals surface area (Å²) in [7, 11) is 0. The number of benzene rings is 1. The summed E-state index contributed by atoms with van der Waals surface area (Å²) in [6.07, 6.45) is 2.34. The van der Waals surface area contributed by atoms with Gasteiger partial charge in [0.15, 0.2) is 5.76 Å². The molecule has 3 heterocycles. The lowest BCUT2D eigenvalue weighted by Crippen LogP contribution is -2.41. The Bertz CT molecular complexity index is 1010. The van der Waals surface area contributed by atoms with Crippen molar-refractivity contribution < 1.29 is 13.6 Å². The molecular weight excluding hydrogens is 432 g/mol. The minimum absolute atomic E-state index is 0.0268. The van der Waals surface area contributed by atoms with Crippen LogP contribution in [0.15, 0.2) is 43.6 Å². The van der Waals surface area contributed by atoms with Crippen LogP contribution in [0.4, 0.5) is 0 Å². The molecule has 1 aliphatic rings. The maximum atomic E-state index is 12.9. The molecule has 0 bridgehead atoms. The van der Waals surface area contributed by atoms with Crippen molar-refractivity contribution in [2.45, 2.75) is 39.7 Å². The number of rotatable bonds is 5. The first-order chi connectivity index (χ1) is 13.9. The third kappa shape index (κ3) is 4.28. The molecular formula is C23H27BrN2O3. The van der Waals surface area contributed by atoms with Crippen molar-refractivity contribution in [1.29, 1.82) is 0 Å². The second-order valence-corrected chi connectivity index (χ2v) is 9.01. The number of aryl methyl sites for hydroxylation is 2. The number of amides is 1. The highest BCUT2D eigenvalue weighted by molar-refractivity contribution is 9.10. The van der Waals surface area contributed by atoms with Gasteiger partial charge in [-0.3, -0.25) is 9.69 Å². The van der Waals surface area contributed by atoms with Gasteiger partial charge in [-0.2, -0.15) is 0 Å². The van der Waals surface area contributed by atoms with Crippen molar-refractivity contribution in [2.24, 2.45) is 5.92 Å². The minimum atomic E-state index is -0.187. The van der Waals surface area contributed by atoms with Gasteiger partial charge in [-0.15, -0.1) is 0 Å². The Balaban J connectivity index is 1.52. The summed E-state index contributed by atoms with van der Waals surface area (Å²) in [6.45, 7) is 8.69. The highest BCUT2D eigenvalue weighted by Crippen LogP contribution is 2.30. The Kier molecular flexibility index (Phi) is 5.83. The van der Waals surface area contributed by atoms with Crippen molar-refractivity contribution in [3.05, 3.63) is 57.6 Å². The van der Waals surface area contributed by atoms with E-state index in [1.165, 1.54) is 12.8 Å². The fourth-order valence-corrected chi connectivity index (χ4v) is 4.41. The molecule has 0 spiro atoms. The number of piperidine rings is 1. The zero-order valence-electron chi connectivity index (χ0n) is 17.1. The molecule has 0 radical (unpaired) electrons. The van der Waals surface area contributed by atoms with E-state index in [1.807, 2.05) is 44.2 Å². The molecule has 1 aliphatic heterocycles. The Hall–Kier alpha value is -2.05. The molecule has 2 aromatic heterocycles. The first-order valence-electron chi connectivity index (χ1n) is 10.2. The molecule has 5 nitrogen and oxygen atoms in total. The number of furan rings is 2. The van der Waals surface area contributed by atoms with E-state index in [2.05, 4.69) is 33.1 Å². The third-order valence-corrected chi connectivity index (χ3v) is 6.40. The van der Waals surface area contributed by atoms with Gasteiger partial charge < -0.3 is 14.2 Å². The second kappa shape index (κ2) is 8.36. The normalized spacial score (nSPS) is 17.0. The summed E-state index contributed by atoms with van der Waals surface area (Å²) in [4.78, 5) is 15.3. The van der Waals surface area contributed by atoms with Gasteiger partial charge >= 0.3 is 0 Å². The summed E-state index contributed by atoms with van der Waals surface area (Å²) in [5.41, 5.74) is 1.58. The number of likely N-dealkylation sites (tertiary alicyclic amines) is 1. The number of hydrogen-bond acceptors (Lipinski definition) is 4. The zero-order chi connectivity index (χ0) is 20.5. The van der Waals surface area contributed by atoms with E-state index in [1.54, 1.807) is 0 Å². The van der Waals surface area contributed by atoms with Crippen LogP contribution in [-0.4, -0.2) is 30.4 Å². The Morgan fingerprint density at radius 2 is 1.97 bits per heavy atom. The molecule has 1 amide bonds. The van der Waals surface area contributed by atoms with Crippen molar-refractivity contribution in [3.63, 3.8) is 0 Å². The van der Waals surface area contributed by atoms with Gasteiger partial charge in [0.25, 0.3) is 5.91 Å². The van der Waals surface area contributed by atoms with Crippen LogP contribution in [0.5, 0.6) is 0 Å². The second-order valence-electron chi connectivity index (χ2n) is 8.09. The molecule has 1 aromatic carbocycles. The van der Waals surface area contributed by atoms with Crippen LogP contribution in [0.25, 0.3) is 11.0 Å². The van der Waals surface area contributed by atoms with E-state index in [0.717, 1.165) is 46.0 Å². The monoisotopic (exact) mass is 458 g/mol. The van der Waals surface area contributed by atoms with Gasteiger partial charge in [0, 0.05) is 22.0 Å². The Morgan fingerprint density at radius 3 is 2.66 bits per heavy atom. The number of hydrogen-bond donors (Lipinski definition) is 1. The Labute approximate surface area is 179 Å². The number of halogens is 1. The van der Waals surface area contributed by atoms with Crippen molar-refractivity contribution in [1.82, 2.24) is 10.2 Å². The maximum Gasteiger partial charge on any atom is 0.287 e. The quantitative estimate of drug-likeness (QED) is 0.539. The number of fused-ring (bicyclic) bond motifs is 1. The highest BCUT2D eigenvalue weighted by atomic mass is 79.9. The zero-order valence-corrected chi connectivity index (χ0v) is 18.7. The summed E-state index contributed by atoms with van der Waals surface area (Å²) in [5.74, 6) is 2.73. The predicted molar refractivity (Wildman–Crippen MR) is 117 cm³/mol. The molecule has 0 saturated carbocycles. The largest absolute Gasteiger partial charge is 0.465 e. The molecule has 1 N–H and O–H groups in total. The van der Waals surface area contributed by atoms with Gasteiger partial charge in [0.1, 0.15) is 17.1 Å². The smallest absolute Gasteiger partial charge is 0.287 e. The molecule has 154 valence electrons. The van der Waals surface area contributed by atoms with Gasteiger partial charge in [-0.1, -0.05) is 22.9 Å². The standard InChI is InChI=1S/C23H27BrN2O3/c1-14-8-10-26(11-9-14)19(20-7-4-15(2)28-20)13-25-23(27)22-16(3)18-6-5-17(24)12-21(18)29-22/h4-7,12,14,19H,8-11,13H2,1-3H3,(H,25,27)/t19-/m0/s1. The van der Waals surface area contributed by atoms with E-state index in [-0.39, 0.29) is 11.9 Å². The number of nitrogens with one attached hydrogen (secondary N) is 1. The molecule has 3 aromatic rings. The fraction of sp³-hybridized carbons (Fsp3) is 0.435. The average molecular weight is 459 g/mol. The lowest BCUT2D eigenvalue weighted by atomic mass is 9.97. The number of carbonyl (C=O) groups is 1. The lowest BCUT2D eigenvalue weighted by Gasteiger charge is -2.35. The van der Waals surface area contributed by atoms with Crippen molar-refractivity contribution in [3.8, 4) is 0 Å². The van der Waals surface area contributed by atoms with Gasteiger partial charge in [-0.05, 0) is 76.0 Å². The molecule has 0 aliphatic carbocycles. The molecule has 0 unspecified atom stereocenters. The molecule has 1 saturated heterocycles.